The fourth-order valence-electron chi connectivity index (χ4n) is 3.90. The van der Waals surface area contributed by atoms with Crippen molar-refractivity contribution in [1.82, 2.24) is 15.0 Å². The minimum atomic E-state index is -4.75. The molecule has 0 radical (unpaired) electrons. The predicted octanol–water partition coefficient (Wildman–Crippen LogP) is 4.83. The van der Waals surface area contributed by atoms with Gasteiger partial charge in [0.05, 0.1) is 17.7 Å². The summed E-state index contributed by atoms with van der Waals surface area (Å²) in [7, 11) is -5.21. The van der Waals surface area contributed by atoms with E-state index in [2.05, 4.69) is 25.6 Å². The molecule has 4 rings (SSSR count). The molecule has 3 aromatic rings. The van der Waals surface area contributed by atoms with E-state index in [4.69, 9.17) is 0 Å². The average molecular weight is 588 g/mol. The van der Waals surface area contributed by atoms with Gasteiger partial charge in [0.2, 0.25) is 16.0 Å². The Morgan fingerprint density at radius 2 is 1.82 bits per heavy atom. The molecular formula is C23H28F3N7O4S2. The Bertz CT molecular complexity index is 1460. The summed E-state index contributed by atoms with van der Waals surface area (Å²) in [4.78, 5) is 12.1. The molecule has 0 atom stereocenters. The molecular weight excluding hydrogens is 559 g/mol. The molecule has 4 N–H and O–H groups in total. The van der Waals surface area contributed by atoms with Crippen molar-refractivity contribution < 1.29 is 30.7 Å². The maximum atomic E-state index is 13.7. The van der Waals surface area contributed by atoms with Crippen LogP contribution in [0.5, 0.6) is 0 Å². The van der Waals surface area contributed by atoms with Crippen LogP contribution in [-0.2, 0) is 22.7 Å². The Morgan fingerprint density at radius 1 is 1.13 bits per heavy atom. The first-order chi connectivity index (χ1) is 18.1. The largest absolute Gasteiger partial charge is 0.421 e. The zero-order valence-corrected chi connectivity index (χ0v) is 22.9. The third kappa shape index (κ3) is 6.63. The number of aryl methyl sites for hydroxylation is 1. The van der Waals surface area contributed by atoms with Crippen LogP contribution in [0.2, 0.25) is 0 Å². The molecule has 0 amide bonds. The smallest absolute Gasteiger partial charge is 0.365 e. The number of hydrogen-bond acceptors (Lipinski definition) is 10. The molecule has 1 aromatic carbocycles. The summed E-state index contributed by atoms with van der Waals surface area (Å²) in [5.41, 5.74) is 0.865. The van der Waals surface area contributed by atoms with Gasteiger partial charge in [0.25, 0.3) is 0 Å². The van der Waals surface area contributed by atoms with Gasteiger partial charge in [0, 0.05) is 43.3 Å². The quantitative estimate of drug-likeness (QED) is 0.289. The van der Waals surface area contributed by atoms with Crippen molar-refractivity contribution in [2.24, 2.45) is 0 Å². The third-order valence-corrected chi connectivity index (χ3v) is 9.08. The fraction of sp³-hybridized carbons (Fsp3) is 0.348. The van der Waals surface area contributed by atoms with E-state index in [9.17, 15) is 30.7 Å². The zero-order valence-electron chi connectivity index (χ0n) is 21.3. The van der Waals surface area contributed by atoms with Crippen molar-refractivity contribution in [3.05, 3.63) is 59.4 Å². The Morgan fingerprint density at radius 3 is 2.41 bits per heavy atom. The van der Waals surface area contributed by atoms with Crippen molar-refractivity contribution in [3.63, 3.8) is 0 Å². The second kappa shape index (κ2) is 10.7. The van der Waals surface area contributed by atoms with E-state index in [1.54, 1.807) is 43.3 Å². The first kappa shape index (κ1) is 28.7. The van der Waals surface area contributed by atoms with E-state index in [0.717, 1.165) is 10.6 Å². The molecule has 0 bridgehead atoms. The SMILES string of the molecule is Cc1ccc(CNc2nc(Nc3ccc(N4CCCS4(O)O)cc3)ncc2C(F)(F)F)c(N(C)S(C)(=O)=O)n1. The zero-order chi connectivity index (χ0) is 28.6. The lowest BCUT2D eigenvalue weighted by molar-refractivity contribution is -0.137. The Kier molecular flexibility index (Phi) is 7.84. The number of hydrogen-bond donors (Lipinski definition) is 4. The van der Waals surface area contributed by atoms with Crippen LogP contribution in [0.15, 0.2) is 42.6 Å². The molecule has 0 saturated carbocycles. The molecule has 1 aliphatic rings. The monoisotopic (exact) mass is 587 g/mol. The molecule has 1 fully saturated rings. The average Bonchev–Trinajstić information content (AvgIpc) is 3.21. The van der Waals surface area contributed by atoms with Gasteiger partial charge in [-0.3, -0.25) is 17.7 Å². The topological polar surface area (TPSA) is 144 Å². The van der Waals surface area contributed by atoms with Crippen molar-refractivity contribution in [2.75, 3.05) is 44.8 Å². The highest BCUT2D eigenvalue weighted by Crippen LogP contribution is 2.51. The Hall–Kier alpha value is -3.34. The maximum absolute atomic E-state index is 13.7. The van der Waals surface area contributed by atoms with Crippen molar-refractivity contribution in [3.8, 4) is 0 Å². The van der Waals surface area contributed by atoms with Crippen molar-refractivity contribution in [2.45, 2.75) is 26.1 Å². The van der Waals surface area contributed by atoms with Gasteiger partial charge in [-0.05, 0) is 43.7 Å². The molecule has 0 spiro atoms. The second-order valence-corrected chi connectivity index (χ2v) is 13.1. The predicted molar refractivity (Wildman–Crippen MR) is 146 cm³/mol. The summed E-state index contributed by atoms with van der Waals surface area (Å²) in [6, 6.07) is 9.78. The van der Waals surface area contributed by atoms with E-state index in [-0.39, 0.29) is 18.3 Å². The molecule has 212 valence electrons. The molecule has 16 heteroatoms. The van der Waals surface area contributed by atoms with Crippen LogP contribution in [0.25, 0.3) is 0 Å². The second-order valence-electron chi connectivity index (χ2n) is 8.94. The minimum absolute atomic E-state index is 0.0840. The highest BCUT2D eigenvalue weighted by Gasteiger charge is 2.35. The summed E-state index contributed by atoms with van der Waals surface area (Å²) in [5.74, 6) is -0.233. The molecule has 3 heterocycles. The number of nitrogens with one attached hydrogen (secondary N) is 2. The van der Waals surface area contributed by atoms with Crippen LogP contribution in [0.1, 0.15) is 23.2 Å². The van der Waals surface area contributed by atoms with Gasteiger partial charge in [-0.1, -0.05) is 6.07 Å². The first-order valence-electron chi connectivity index (χ1n) is 11.6. The molecule has 39 heavy (non-hydrogen) atoms. The van der Waals surface area contributed by atoms with Crippen LogP contribution in [0.3, 0.4) is 0 Å². The number of rotatable bonds is 8. The van der Waals surface area contributed by atoms with Gasteiger partial charge < -0.3 is 10.6 Å². The number of pyridine rings is 1. The molecule has 0 unspecified atom stereocenters. The van der Waals surface area contributed by atoms with Gasteiger partial charge in [0.1, 0.15) is 17.2 Å². The number of sulfonamides is 1. The Labute approximate surface area is 225 Å². The highest BCUT2D eigenvalue weighted by atomic mass is 32.3. The lowest BCUT2D eigenvalue weighted by Gasteiger charge is -2.38. The van der Waals surface area contributed by atoms with Crippen LogP contribution < -0.4 is 19.2 Å². The molecule has 11 nitrogen and oxygen atoms in total. The summed E-state index contributed by atoms with van der Waals surface area (Å²) in [6.45, 7) is 1.98. The summed E-state index contributed by atoms with van der Waals surface area (Å²) >= 11 is 0. The van der Waals surface area contributed by atoms with Gasteiger partial charge >= 0.3 is 6.18 Å². The van der Waals surface area contributed by atoms with E-state index in [0.29, 0.717) is 47.5 Å². The minimum Gasteiger partial charge on any atom is -0.365 e. The molecule has 0 aliphatic carbocycles. The van der Waals surface area contributed by atoms with E-state index < -0.39 is 38.4 Å². The van der Waals surface area contributed by atoms with Gasteiger partial charge in [-0.15, -0.1) is 10.8 Å². The van der Waals surface area contributed by atoms with Crippen LogP contribution in [0, 0.1) is 6.92 Å². The Balaban J connectivity index is 1.58. The fourth-order valence-corrected chi connectivity index (χ4v) is 5.99. The number of alkyl halides is 3. The van der Waals surface area contributed by atoms with Gasteiger partial charge in [0.15, 0.2) is 0 Å². The number of halogens is 3. The molecule has 2 aromatic heterocycles. The van der Waals surface area contributed by atoms with Crippen LogP contribution in [0.4, 0.5) is 42.1 Å². The van der Waals surface area contributed by atoms with Gasteiger partial charge in [-0.2, -0.15) is 18.2 Å². The summed E-state index contributed by atoms with van der Waals surface area (Å²) in [5, 5.41) is 5.50. The normalized spacial score (nSPS) is 16.2. The number of anilines is 5. The summed E-state index contributed by atoms with van der Waals surface area (Å²) < 4.78 is 88.1. The van der Waals surface area contributed by atoms with Crippen molar-refractivity contribution >= 4 is 49.8 Å². The third-order valence-electron chi connectivity index (χ3n) is 5.98. The maximum Gasteiger partial charge on any atom is 0.421 e. The summed E-state index contributed by atoms with van der Waals surface area (Å²) in [6.07, 6.45) is -2.44. The lowest BCUT2D eigenvalue weighted by Crippen LogP contribution is -2.27. The molecule has 1 aliphatic heterocycles. The van der Waals surface area contributed by atoms with Crippen LogP contribution in [-0.4, -0.2) is 58.1 Å². The highest BCUT2D eigenvalue weighted by molar-refractivity contribution is 8.25. The first-order valence-corrected chi connectivity index (χ1v) is 15.2. The van der Waals surface area contributed by atoms with Crippen LogP contribution >= 0.6 is 10.8 Å². The van der Waals surface area contributed by atoms with Crippen molar-refractivity contribution in [1.29, 1.82) is 0 Å². The lowest BCUT2D eigenvalue weighted by atomic mass is 10.2. The van der Waals surface area contributed by atoms with E-state index >= 15 is 0 Å². The van der Waals surface area contributed by atoms with Gasteiger partial charge in [-0.25, -0.2) is 18.4 Å². The van der Waals surface area contributed by atoms with E-state index in [1.807, 2.05) is 0 Å². The molecule has 1 saturated heterocycles. The standard InChI is InChI=1S/C23H28F3N7O4S2/c1-15-5-6-16(21(29-15)32(2)38(3,34)35)13-27-20-19(23(24,25)26)14-28-22(31-20)30-17-7-9-18(10-8-17)33-11-4-12-39(33,36)37/h5-10,14,36-37H,4,11-13H2,1-3H3,(H2,27,28,30,31). The number of aromatic nitrogens is 3. The van der Waals surface area contributed by atoms with E-state index in [1.165, 1.54) is 11.4 Å². The number of nitrogens with zero attached hydrogens (tertiary/aromatic N) is 5. The number of benzene rings is 1.